The molecule has 4 N–H and O–H groups in total. The standard InChI is InChI=1S/C33H49N3O9/c1-18(2)17-44-36-25-16-24-29(38)23(31(25)43-9)13-19(3)14-27(42-8)28(37)21(5)15-22(6)30(45-33(34)40)26(41-7)12-10-11-20(4)32(39)35-24/h10-12,15-16,18-19,21,26-28,30,37H,13-14,17H2,1-9H3,(H2,34,40)(H,35,39)/b12-10-,20-11+,22-15+,36-25+/t19-,21+,26+,27+,28-,30+/m1/s1. The highest BCUT2D eigenvalue weighted by atomic mass is 16.6. The molecule has 12 nitrogen and oxygen atoms in total. The zero-order chi connectivity index (χ0) is 33.8. The molecule has 12 heteroatoms. The summed E-state index contributed by atoms with van der Waals surface area (Å²) in [6.45, 7) is 11.4. The van der Waals surface area contributed by atoms with Crippen LogP contribution >= 0.6 is 0 Å². The summed E-state index contributed by atoms with van der Waals surface area (Å²) in [7, 11) is 4.41. The summed E-state index contributed by atoms with van der Waals surface area (Å²) in [5, 5.41) is 18.2. The van der Waals surface area contributed by atoms with Gasteiger partial charge in [-0.2, -0.15) is 0 Å². The van der Waals surface area contributed by atoms with E-state index in [9.17, 15) is 19.5 Å². The molecule has 0 aromatic rings. The van der Waals surface area contributed by atoms with Crippen molar-refractivity contribution in [2.45, 2.75) is 78.8 Å². The number of hydrogen-bond acceptors (Lipinski definition) is 10. The predicted octanol–water partition coefficient (Wildman–Crippen LogP) is 3.87. The van der Waals surface area contributed by atoms with Crippen molar-refractivity contribution in [1.29, 1.82) is 0 Å². The molecule has 0 fully saturated rings. The first-order chi connectivity index (χ1) is 21.2. The Balaban J connectivity index is 2.67. The number of amides is 2. The number of aliphatic hydroxyl groups excluding tert-OH is 1. The third-order valence-corrected chi connectivity index (χ3v) is 7.53. The molecular formula is C33H49N3O9. The largest absolute Gasteiger partial charge is 0.494 e. The van der Waals surface area contributed by atoms with Crippen LogP contribution in [0.15, 0.2) is 63.7 Å². The number of ketones is 1. The van der Waals surface area contributed by atoms with Crippen molar-refractivity contribution in [3.63, 3.8) is 0 Å². The molecule has 6 atom stereocenters. The Bertz CT molecular complexity index is 1260. The van der Waals surface area contributed by atoms with Crippen molar-refractivity contribution in [3.8, 4) is 0 Å². The third kappa shape index (κ3) is 10.7. The van der Waals surface area contributed by atoms with Crippen LogP contribution in [0.4, 0.5) is 4.79 Å². The number of oxime groups is 1. The molecule has 0 saturated carbocycles. The van der Waals surface area contributed by atoms with Crippen LogP contribution in [0.1, 0.15) is 54.4 Å². The van der Waals surface area contributed by atoms with Gasteiger partial charge in [0.25, 0.3) is 5.91 Å². The molecule has 0 spiro atoms. The first-order valence-corrected chi connectivity index (χ1v) is 15.0. The van der Waals surface area contributed by atoms with Crippen molar-refractivity contribution < 1.29 is 43.3 Å². The average Bonchev–Trinajstić information content (AvgIpc) is 2.98. The molecule has 2 bridgehead atoms. The highest BCUT2D eigenvalue weighted by Gasteiger charge is 2.33. The van der Waals surface area contributed by atoms with Gasteiger partial charge in [-0.25, -0.2) is 4.79 Å². The number of aliphatic hydroxyl groups is 1. The van der Waals surface area contributed by atoms with Crippen LogP contribution in [-0.2, 0) is 33.4 Å². The van der Waals surface area contributed by atoms with Gasteiger partial charge in [-0.3, -0.25) is 9.59 Å². The molecule has 2 aliphatic rings. The number of fused-ring (bicyclic) bond motifs is 2. The van der Waals surface area contributed by atoms with E-state index in [0.717, 1.165) is 0 Å². The monoisotopic (exact) mass is 631 g/mol. The summed E-state index contributed by atoms with van der Waals surface area (Å²) in [5.74, 6) is -1.06. The van der Waals surface area contributed by atoms with E-state index in [1.54, 1.807) is 38.2 Å². The maximum Gasteiger partial charge on any atom is 0.405 e. The van der Waals surface area contributed by atoms with Crippen LogP contribution in [0.25, 0.3) is 0 Å². The lowest BCUT2D eigenvalue weighted by Crippen LogP contribution is -2.37. The summed E-state index contributed by atoms with van der Waals surface area (Å²) in [5.41, 5.74) is 6.86. The van der Waals surface area contributed by atoms with Crippen molar-refractivity contribution in [1.82, 2.24) is 5.32 Å². The summed E-state index contributed by atoms with van der Waals surface area (Å²) >= 11 is 0. The van der Waals surface area contributed by atoms with Gasteiger partial charge < -0.3 is 39.9 Å². The molecule has 2 amide bonds. The number of hydrogen-bond donors (Lipinski definition) is 3. The lowest BCUT2D eigenvalue weighted by molar-refractivity contribution is -0.119. The fourth-order valence-corrected chi connectivity index (χ4v) is 5.12. The molecule has 0 unspecified atom stereocenters. The van der Waals surface area contributed by atoms with Crippen molar-refractivity contribution >= 4 is 23.5 Å². The fourth-order valence-electron chi connectivity index (χ4n) is 5.12. The highest BCUT2D eigenvalue weighted by Crippen LogP contribution is 2.30. The molecule has 250 valence electrons. The molecule has 2 rings (SSSR count). The molecular weight excluding hydrogens is 582 g/mol. The number of ether oxygens (including phenoxy) is 4. The maximum atomic E-state index is 13.8. The number of primary amides is 1. The van der Waals surface area contributed by atoms with E-state index in [1.807, 2.05) is 27.7 Å². The van der Waals surface area contributed by atoms with Crippen LogP contribution in [0, 0.1) is 17.8 Å². The summed E-state index contributed by atoms with van der Waals surface area (Å²) in [6, 6.07) is 0. The summed E-state index contributed by atoms with van der Waals surface area (Å²) in [4.78, 5) is 44.3. The maximum absolute atomic E-state index is 13.8. The lowest BCUT2D eigenvalue weighted by atomic mass is 9.85. The zero-order valence-corrected chi connectivity index (χ0v) is 27.8. The molecule has 0 aromatic carbocycles. The second kappa shape index (κ2) is 17.7. The minimum absolute atomic E-state index is 0.0195. The number of Topliss-reactive ketones (excluding diaryl/α,β-unsaturated/α-hetero) is 1. The molecule has 1 heterocycles. The number of carbonyl (C=O) groups excluding carboxylic acids is 3. The smallest absolute Gasteiger partial charge is 0.405 e. The van der Waals surface area contributed by atoms with Crippen LogP contribution in [-0.4, -0.2) is 81.0 Å². The summed E-state index contributed by atoms with van der Waals surface area (Å²) in [6.07, 6.45) is 4.38. The van der Waals surface area contributed by atoms with Gasteiger partial charge in [-0.1, -0.05) is 57.2 Å². The second-order valence-electron chi connectivity index (χ2n) is 11.9. The van der Waals surface area contributed by atoms with E-state index in [1.165, 1.54) is 27.4 Å². The van der Waals surface area contributed by atoms with Crippen molar-refractivity contribution in [2.75, 3.05) is 27.9 Å². The Morgan fingerprint density at radius 2 is 1.84 bits per heavy atom. The molecule has 1 aliphatic carbocycles. The molecule has 45 heavy (non-hydrogen) atoms. The Kier molecular flexibility index (Phi) is 14.7. The normalized spacial score (nSPS) is 31.4. The zero-order valence-electron chi connectivity index (χ0n) is 27.8. The van der Waals surface area contributed by atoms with E-state index >= 15 is 0 Å². The highest BCUT2D eigenvalue weighted by molar-refractivity contribution is 6.24. The second-order valence-corrected chi connectivity index (χ2v) is 11.9. The Morgan fingerprint density at radius 1 is 1.16 bits per heavy atom. The number of carbonyl (C=O) groups is 3. The number of rotatable bonds is 7. The molecule has 0 aromatic heterocycles. The van der Waals surface area contributed by atoms with Gasteiger partial charge in [-0.15, -0.1) is 0 Å². The fraction of sp³-hybridized carbons (Fsp3) is 0.576. The lowest BCUT2D eigenvalue weighted by Gasteiger charge is -2.30. The van der Waals surface area contributed by atoms with E-state index in [4.69, 9.17) is 29.5 Å². The van der Waals surface area contributed by atoms with Gasteiger partial charge in [0.2, 0.25) is 5.78 Å². The quantitative estimate of drug-likeness (QED) is 0.215. The Labute approximate surface area is 266 Å². The number of nitrogens with zero attached hydrogens (tertiary/aromatic N) is 1. The SMILES string of the molecule is COC1=C2C[C@@H](C)C[C@H](OC)[C@H](O)[C@@H](C)/C=C(\C)[C@H](OC(N)=O)[C@@H](OC)/C=C\C=C(/C)C(=O)NC(=C/C1=N\OCC(C)C)C2=O. The minimum atomic E-state index is -0.990. The van der Waals surface area contributed by atoms with Gasteiger partial charge in [0.05, 0.1) is 25.0 Å². The van der Waals surface area contributed by atoms with E-state index < -0.39 is 48.1 Å². The van der Waals surface area contributed by atoms with Crippen LogP contribution in [0.5, 0.6) is 0 Å². The molecule has 0 saturated heterocycles. The van der Waals surface area contributed by atoms with Crippen molar-refractivity contribution in [3.05, 3.63) is 58.6 Å². The van der Waals surface area contributed by atoms with E-state index in [0.29, 0.717) is 24.2 Å². The predicted molar refractivity (Wildman–Crippen MR) is 170 cm³/mol. The first kappa shape index (κ1) is 37.4. The average molecular weight is 632 g/mol. The van der Waals surface area contributed by atoms with Gasteiger partial charge >= 0.3 is 6.09 Å². The number of methoxy groups -OCH3 is 3. The van der Waals surface area contributed by atoms with Gasteiger partial charge in [-0.05, 0) is 50.2 Å². The van der Waals surface area contributed by atoms with Gasteiger partial charge in [0.15, 0.2) is 11.9 Å². The van der Waals surface area contributed by atoms with Gasteiger partial charge in [0, 0.05) is 31.3 Å². The summed E-state index contributed by atoms with van der Waals surface area (Å²) < 4.78 is 22.3. The number of allylic oxidation sites excluding steroid dienone is 4. The number of nitrogens with one attached hydrogen (secondary N) is 1. The Hall–Kier alpha value is -3.74. The molecule has 0 radical (unpaired) electrons. The Morgan fingerprint density at radius 3 is 2.42 bits per heavy atom. The van der Waals surface area contributed by atoms with Gasteiger partial charge in [0.1, 0.15) is 18.4 Å². The van der Waals surface area contributed by atoms with Crippen LogP contribution < -0.4 is 11.1 Å². The van der Waals surface area contributed by atoms with Crippen molar-refractivity contribution in [2.24, 2.45) is 28.6 Å². The van der Waals surface area contributed by atoms with Crippen LogP contribution in [0.3, 0.4) is 0 Å². The first-order valence-electron chi connectivity index (χ1n) is 15.0. The van der Waals surface area contributed by atoms with E-state index in [2.05, 4.69) is 10.5 Å². The van der Waals surface area contributed by atoms with E-state index in [-0.39, 0.29) is 41.0 Å². The molecule has 1 aliphatic heterocycles. The third-order valence-electron chi connectivity index (χ3n) is 7.53. The van der Waals surface area contributed by atoms with Crippen LogP contribution in [0.2, 0.25) is 0 Å². The minimum Gasteiger partial charge on any atom is -0.494 e. The number of nitrogens with two attached hydrogens (primary N) is 1. The topological polar surface area (TPSA) is 168 Å².